The van der Waals surface area contributed by atoms with E-state index < -0.39 is 0 Å². The van der Waals surface area contributed by atoms with E-state index in [0.29, 0.717) is 0 Å². The van der Waals surface area contributed by atoms with Crippen molar-refractivity contribution in [1.29, 1.82) is 0 Å². The van der Waals surface area contributed by atoms with E-state index >= 15 is 0 Å². The van der Waals surface area contributed by atoms with Gasteiger partial charge in [-0.05, 0) is 0 Å². The van der Waals surface area contributed by atoms with E-state index in [1.807, 2.05) is 0 Å². The highest BCUT2D eigenvalue weighted by Gasteiger charge is 2.03. The molecule has 0 aliphatic heterocycles. The summed E-state index contributed by atoms with van der Waals surface area (Å²) in [5.41, 5.74) is 5.40. The van der Waals surface area contributed by atoms with Crippen molar-refractivity contribution >= 4 is 5.95 Å². The second kappa shape index (κ2) is 5.99. The van der Waals surface area contributed by atoms with Crippen LogP contribution in [0.4, 0.5) is 5.95 Å². The number of nitrogens with zero attached hydrogens (tertiary/aromatic N) is 2. The summed E-state index contributed by atoms with van der Waals surface area (Å²) in [5.74, 6) is 0.465. The van der Waals surface area contributed by atoms with Gasteiger partial charge < -0.3 is 25.4 Å². The minimum absolute atomic E-state index is 0.0124. The summed E-state index contributed by atoms with van der Waals surface area (Å²) in [6.07, 6.45) is 0. The Morgan fingerprint density at radius 2 is 1.53 bits per heavy atom. The van der Waals surface area contributed by atoms with Crippen LogP contribution in [0.5, 0.6) is 11.8 Å². The topological polar surface area (TPSA) is 111 Å². The van der Waals surface area contributed by atoms with E-state index in [2.05, 4.69) is 9.97 Å². The predicted molar refractivity (Wildman–Crippen MR) is 51.6 cm³/mol. The van der Waals surface area contributed by atoms with Gasteiger partial charge >= 0.3 is 0 Å². The van der Waals surface area contributed by atoms with Gasteiger partial charge in [0, 0.05) is 0 Å². The zero-order chi connectivity index (χ0) is 11.1. The van der Waals surface area contributed by atoms with Crippen LogP contribution in [0.25, 0.3) is 0 Å². The van der Waals surface area contributed by atoms with Crippen molar-refractivity contribution in [1.82, 2.24) is 9.97 Å². The molecule has 1 rings (SSSR count). The highest BCUT2D eigenvalue weighted by molar-refractivity contribution is 5.29. The van der Waals surface area contributed by atoms with Crippen LogP contribution in [0.1, 0.15) is 0 Å². The van der Waals surface area contributed by atoms with Gasteiger partial charge in [0.2, 0.25) is 17.7 Å². The summed E-state index contributed by atoms with van der Waals surface area (Å²) in [6, 6.07) is 1.43. The molecule has 4 N–H and O–H groups in total. The zero-order valence-corrected chi connectivity index (χ0v) is 8.09. The molecule has 0 atom stereocenters. The Morgan fingerprint density at radius 3 is 1.93 bits per heavy atom. The molecule has 1 aromatic heterocycles. The molecule has 15 heavy (non-hydrogen) atoms. The SMILES string of the molecule is Nc1nc(OCCO)cc(OCCO)n1. The minimum atomic E-state index is -0.114. The normalized spacial score (nSPS) is 10.0. The summed E-state index contributed by atoms with van der Waals surface area (Å²) < 4.78 is 10.1. The Morgan fingerprint density at radius 1 is 1.07 bits per heavy atom. The molecule has 7 heteroatoms. The van der Waals surface area contributed by atoms with Gasteiger partial charge in [-0.15, -0.1) is 0 Å². The highest BCUT2D eigenvalue weighted by Crippen LogP contribution is 2.16. The van der Waals surface area contributed by atoms with E-state index in [1.54, 1.807) is 0 Å². The molecule has 0 spiro atoms. The number of rotatable bonds is 6. The van der Waals surface area contributed by atoms with Crippen LogP contribution in [0.15, 0.2) is 6.07 Å². The van der Waals surface area contributed by atoms with Crippen LogP contribution in [-0.2, 0) is 0 Å². The number of aliphatic hydroxyl groups is 2. The third kappa shape index (κ3) is 3.96. The van der Waals surface area contributed by atoms with Gasteiger partial charge in [0.05, 0.1) is 19.3 Å². The summed E-state index contributed by atoms with van der Waals surface area (Å²) in [4.78, 5) is 7.54. The van der Waals surface area contributed by atoms with Crippen molar-refractivity contribution in [3.8, 4) is 11.8 Å². The summed E-state index contributed by atoms with van der Waals surface area (Å²) >= 11 is 0. The Bertz CT molecular complexity index is 282. The zero-order valence-electron chi connectivity index (χ0n) is 8.09. The Hall–Kier alpha value is -1.60. The number of aromatic nitrogens is 2. The van der Waals surface area contributed by atoms with Crippen LogP contribution < -0.4 is 15.2 Å². The second-order valence-electron chi connectivity index (χ2n) is 2.55. The summed E-state index contributed by atoms with van der Waals surface area (Å²) in [6.45, 7) is 0.0132. The van der Waals surface area contributed by atoms with Gasteiger partial charge in [0.15, 0.2) is 0 Å². The number of aliphatic hydroxyl groups excluding tert-OH is 2. The van der Waals surface area contributed by atoms with Crippen molar-refractivity contribution in [3.63, 3.8) is 0 Å². The lowest BCUT2D eigenvalue weighted by atomic mass is 10.6. The standard InChI is InChI=1S/C8H13N3O4/c9-8-10-6(14-3-1-12)5-7(11-8)15-4-2-13/h5,12-13H,1-4H2,(H2,9,10,11). The maximum Gasteiger partial charge on any atom is 0.226 e. The third-order valence-corrected chi connectivity index (χ3v) is 1.38. The molecule has 0 saturated carbocycles. The predicted octanol–water partition coefficient (Wildman–Crippen LogP) is -1.20. The van der Waals surface area contributed by atoms with Crippen LogP contribution in [-0.4, -0.2) is 46.6 Å². The van der Waals surface area contributed by atoms with E-state index in [0.717, 1.165) is 0 Å². The summed E-state index contributed by atoms with van der Waals surface area (Å²) in [5, 5.41) is 17.1. The van der Waals surface area contributed by atoms with Crippen LogP contribution in [0.3, 0.4) is 0 Å². The number of hydrogen-bond acceptors (Lipinski definition) is 7. The maximum absolute atomic E-state index is 8.54. The first-order valence-electron chi connectivity index (χ1n) is 4.38. The van der Waals surface area contributed by atoms with E-state index in [4.69, 9.17) is 25.4 Å². The molecule has 0 aromatic carbocycles. The van der Waals surface area contributed by atoms with Crippen LogP contribution in [0.2, 0.25) is 0 Å². The van der Waals surface area contributed by atoms with Gasteiger partial charge in [-0.1, -0.05) is 0 Å². The van der Waals surface area contributed by atoms with Crippen LogP contribution in [0, 0.1) is 0 Å². The first-order valence-corrected chi connectivity index (χ1v) is 4.38. The first-order chi connectivity index (χ1) is 7.26. The fourth-order valence-corrected chi connectivity index (χ4v) is 0.869. The molecule has 0 aliphatic rings. The second-order valence-corrected chi connectivity index (χ2v) is 2.55. The molecule has 84 valence electrons. The summed E-state index contributed by atoms with van der Waals surface area (Å²) in [7, 11) is 0. The van der Waals surface area contributed by atoms with Gasteiger partial charge in [0.25, 0.3) is 0 Å². The van der Waals surface area contributed by atoms with E-state index in [1.165, 1.54) is 6.07 Å². The monoisotopic (exact) mass is 215 g/mol. The fourth-order valence-electron chi connectivity index (χ4n) is 0.869. The molecule has 0 amide bonds. The molecule has 0 unspecified atom stereocenters. The van der Waals surface area contributed by atoms with E-state index in [-0.39, 0.29) is 44.1 Å². The van der Waals surface area contributed by atoms with Gasteiger partial charge in [-0.2, -0.15) is 9.97 Å². The van der Waals surface area contributed by atoms with Gasteiger partial charge in [0.1, 0.15) is 13.2 Å². The Labute approximate surface area is 86.5 Å². The van der Waals surface area contributed by atoms with Gasteiger partial charge in [-0.3, -0.25) is 0 Å². The molecule has 0 radical (unpaired) electrons. The molecule has 1 aromatic rings. The van der Waals surface area contributed by atoms with Crippen molar-refractivity contribution in [3.05, 3.63) is 6.07 Å². The van der Waals surface area contributed by atoms with Crippen molar-refractivity contribution < 1.29 is 19.7 Å². The number of hydrogen-bond donors (Lipinski definition) is 3. The lowest BCUT2D eigenvalue weighted by Crippen LogP contribution is -2.08. The molecule has 0 aliphatic carbocycles. The van der Waals surface area contributed by atoms with Gasteiger partial charge in [-0.25, -0.2) is 0 Å². The lowest BCUT2D eigenvalue weighted by molar-refractivity contribution is 0.188. The molecule has 7 nitrogen and oxygen atoms in total. The molecule has 0 bridgehead atoms. The number of anilines is 1. The van der Waals surface area contributed by atoms with Crippen molar-refractivity contribution in [2.24, 2.45) is 0 Å². The maximum atomic E-state index is 8.54. The van der Waals surface area contributed by atoms with E-state index in [9.17, 15) is 0 Å². The van der Waals surface area contributed by atoms with Crippen molar-refractivity contribution in [2.45, 2.75) is 0 Å². The lowest BCUT2D eigenvalue weighted by Gasteiger charge is -2.07. The number of nitrogen functional groups attached to an aromatic ring is 1. The highest BCUT2D eigenvalue weighted by atomic mass is 16.5. The molecular formula is C8H13N3O4. The van der Waals surface area contributed by atoms with Crippen LogP contribution >= 0.6 is 0 Å². The molecule has 1 heterocycles. The Kier molecular flexibility index (Phi) is 4.58. The number of nitrogens with two attached hydrogens (primary N) is 1. The smallest absolute Gasteiger partial charge is 0.226 e. The Balaban J connectivity index is 2.66. The average molecular weight is 215 g/mol. The molecular weight excluding hydrogens is 202 g/mol. The quantitative estimate of drug-likeness (QED) is 0.546. The van der Waals surface area contributed by atoms with Crippen molar-refractivity contribution in [2.75, 3.05) is 32.2 Å². The third-order valence-electron chi connectivity index (χ3n) is 1.38. The number of ether oxygens (including phenoxy) is 2. The largest absolute Gasteiger partial charge is 0.475 e. The molecule has 0 saturated heterocycles. The molecule has 0 fully saturated rings. The average Bonchev–Trinajstić information content (AvgIpc) is 2.23. The first kappa shape index (κ1) is 11.5. The minimum Gasteiger partial charge on any atom is -0.475 e. The fraction of sp³-hybridized carbons (Fsp3) is 0.500.